The van der Waals surface area contributed by atoms with Crippen LogP contribution in [0.4, 0.5) is 4.79 Å². The number of primary amides is 1. The molecule has 0 bridgehead atoms. The Morgan fingerprint density at radius 1 is 1.44 bits per heavy atom. The third kappa shape index (κ3) is 3.23. The lowest BCUT2D eigenvalue weighted by Gasteiger charge is -2.10. The fraction of sp³-hybridized carbons (Fsp3) is 0.300. The molecule has 0 saturated heterocycles. The smallest absolute Gasteiger partial charge is 0.404 e. The van der Waals surface area contributed by atoms with Crippen molar-refractivity contribution in [3.63, 3.8) is 0 Å². The highest BCUT2D eigenvalue weighted by Crippen LogP contribution is 2.03. The summed E-state index contributed by atoms with van der Waals surface area (Å²) >= 11 is 0. The van der Waals surface area contributed by atoms with Gasteiger partial charge in [0.05, 0.1) is 5.69 Å². The quantitative estimate of drug-likeness (QED) is 0.802. The lowest BCUT2D eigenvalue weighted by Crippen LogP contribution is -2.23. The Balaban J connectivity index is 2.78. The Hall–Kier alpha value is -2.11. The van der Waals surface area contributed by atoms with Crippen LogP contribution in [0.15, 0.2) is 18.2 Å². The first kappa shape index (κ1) is 12.0. The van der Waals surface area contributed by atoms with E-state index >= 15 is 0 Å². The van der Waals surface area contributed by atoms with E-state index in [0.29, 0.717) is 11.4 Å². The van der Waals surface area contributed by atoms with Gasteiger partial charge in [-0.15, -0.1) is 0 Å². The molecule has 0 aliphatic rings. The highest BCUT2D eigenvalue weighted by Gasteiger charge is 2.10. The number of pyridine rings is 1. The Labute approximate surface area is 93.0 Å². The molecule has 1 aromatic heterocycles. The number of ether oxygens (including phenoxy) is 1. The summed E-state index contributed by atoms with van der Waals surface area (Å²) < 4.78 is 4.57. The van der Waals surface area contributed by atoms with Gasteiger partial charge in [0.15, 0.2) is 0 Å². The number of nitrogens with two attached hydrogens (primary N) is 1. The molecule has 2 amide bonds. The Morgan fingerprint density at radius 3 is 2.69 bits per heavy atom. The summed E-state index contributed by atoms with van der Waals surface area (Å²) in [5.74, 6) is -0.207. The number of amides is 2. The zero-order chi connectivity index (χ0) is 12.1. The topological polar surface area (TPSA) is 85.5 Å². The molecule has 0 spiro atoms. The highest BCUT2D eigenvalue weighted by atomic mass is 16.5. The lowest BCUT2D eigenvalue weighted by atomic mass is 10.3. The largest absolute Gasteiger partial charge is 0.443 e. The van der Waals surface area contributed by atoms with Gasteiger partial charge in [-0.1, -0.05) is 6.07 Å². The van der Waals surface area contributed by atoms with Crippen LogP contribution in [0.2, 0.25) is 0 Å². The second-order valence-corrected chi connectivity index (χ2v) is 3.32. The third-order valence-corrected chi connectivity index (χ3v) is 1.79. The van der Waals surface area contributed by atoms with Gasteiger partial charge in [0, 0.05) is 14.1 Å². The molecule has 1 heterocycles. The first-order valence-corrected chi connectivity index (χ1v) is 4.60. The van der Waals surface area contributed by atoms with Crippen LogP contribution in [0.3, 0.4) is 0 Å². The molecule has 2 N–H and O–H groups in total. The molecule has 0 radical (unpaired) electrons. The Kier molecular flexibility index (Phi) is 3.82. The zero-order valence-corrected chi connectivity index (χ0v) is 9.14. The molecule has 0 aliphatic carbocycles. The van der Waals surface area contributed by atoms with Gasteiger partial charge >= 0.3 is 6.09 Å². The van der Waals surface area contributed by atoms with Crippen LogP contribution >= 0.6 is 0 Å². The van der Waals surface area contributed by atoms with Gasteiger partial charge in [-0.05, 0) is 12.1 Å². The van der Waals surface area contributed by atoms with Gasteiger partial charge < -0.3 is 15.4 Å². The van der Waals surface area contributed by atoms with Crippen molar-refractivity contribution >= 4 is 12.0 Å². The minimum Gasteiger partial charge on any atom is -0.443 e. The molecule has 0 aliphatic heterocycles. The molecule has 0 fully saturated rings. The lowest BCUT2D eigenvalue weighted by molar-refractivity contribution is 0.0821. The van der Waals surface area contributed by atoms with Gasteiger partial charge in [0.2, 0.25) is 0 Å². The molecular formula is C10H13N3O3. The monoisotopic (exact) mass is 223 g/mol. The highest BCUT2D eigenvalue weighted by molar-refractivity contribution is 5.91. The number of hydrogen-bond donors (Lipinski definition) is 1. The first-order valence-electron chi connectivity index (χ1n) is 4.60. The zero-order valence-electron chi connectivity index (χ0n) is 9.14. The van der Waals surface area contributed by atoms with E-state index in [1.165, 1.54) is 4.90 Å². The molecule has 86 valence electrons. The molecule has 6 heteroatoms. The molecule has 1 aromatic rings. The maximum absolute atomic E-state index is 11.6. The minimum absolute atomic E-state index is 0.0378. The molecule has 16 heavy (non-hydrogen) atoms. The second kappa shape index (κ2) is 5.11. The Bertz CT molecular complexity index is 404. The molecule has 0 atom stereocenters. The van der Waals surface area contributed by atoms with Crippen molar-refractivity contribution in [3.8, 4) is 0 Å². The van der Waals surface area contributed by atoms with E-state index in [4.69, 9.17) is 5.73 Å². The average molecular weight is 223 g/mol. The van der Waals surface area contributed by atoms with Gasteiger partial charge in [0.1, 0.15) is 12.3 Å². The number of hydrogen-bond acceptors (Lipinski definition) is 4. The number of carbonyl (C=O) groups is 2. The normalized spacial score (nSPS) is 9.62. The fourth-order valence-corrected chi connectivity index (χ4v) is 1.05. The van der Waals surface area contributed by atoms with E-state index in [0.717, 1.165) is 0 Å². The standard InChI is InChI=1S/C10H13N3O3/c1-13(2)9(14)8-5-3-4-7(12-8)6-16-10(11)15/h3-5H,6H2,1-2H3,(H2,11,15). The van der Waals surface area contributed by atoms with E-state index in [1.807, 2.05) is 0 Å². The fourth-order valence-electron chi connectivity index (χ4n) is 1.05. The predicted molar refractivity (Wildman–Crippen MR) is 56.6 cm³/mol. The molecule has 0 aromatic carbocycles. The van der Waals surface area contributed by atoms with Crippen molar-refractivity contribution in [1.82, 2.24) is 9.88 Å². The summed E-state index contributed by atoms with van der Waals surface area (Å²) in [6, 6.07) is 4.91. The maximum Gasteiger partial charge on any atom is 0.404 e. The van der Waals surface area contributed by atoms with Crippen LogP contribution in [0.5, 0.6) is 0 Å². The molecule has 0 saturated carbocycles. The van der Waals surface area contributed by atoms with Crippen LogP contribution in [0.1, 0.15) is 16.2 Å². The van der Waals surface area contributed by atoms with E-state index in [-0.39, 0.29) is 12.5 Å². The summed E-state index contributed by atoms with van der Waals surface area (Å²) in [6.07, 6.45) is -0.869. The van der Waals surface area contributed by atoms with Gasteiger partial charge in [0.25, 0.3) is 5.91 Å². The van der Waals surface area contributed by atoms with Crippen molar-refractivity contribution < 1.29 is 14.3 Å². The molecule has 1 rings (SSSR count). The van der Waals surface area contributed by atoms with Crippen LogP contribution in [0, 0.1) is 0 Å². The minimum atomic E-state index is -0.869. The SMILES string of the molecule is CN(C)C(=O)c1cccc(COC(N)=O)n1. The maximum atomic E-state index is 11.6. The van der Waals surface area contributed by atoms with Crippen LogP contribution in [-0.2, 0) is 11.3 Å². The van der Waals surface area contributed by atoms with Crippen LogP contribution < -0.4 is 5.73 Å². The molecular weight excluding hydrogens is 210 g/mol. The van der Waals surface area contributed by atoms with E-state index in [1.54, 1.807) is 32.3 Å². The summed E-state index contributed by atoms with van der Waals surface area (Å²) in [4.78, 5) is 27.4. The number of nitrogens with zero attached hydrogens (tertiary/aromatic N) is 2. The van der Waals surface area contributed by atoms with Crippen molar-refractivity contribution in [1.29, 1.82) is 0 Å². The van der Waals surface area contributed by atoms with E-state index < -0.39 is 6.09 Å². The third-order valence-electron chi connectivity index (χ3n) is 1.79. The molecule has 6 nitrogen and oxygen atoms in total. The van der Waals surface area contributed by atoms with Gasteiger partial charge in [-0.3, -0.25) is 4.79 Å². The van der Waals surface area contributed by atoms with E-state index in [9.17, 15) is 9.59 Å². The van der Waals surface area contributed by atoms with E-state index in [2.05, 4.69) is 9.72 Å². The summed E-state index contributed by atoms with van der Waals surface area (Å²) in [7, 11) is 3.27. The summed E-state index contributed by atoms with van der Waals surface area (Å²) in [5, 5.41) is 0. The Morgan fingerprint density at radius 2 is 2.12 bits per heavy atom. The van der Waals surface area contributed by atoms with Crippen LogP contribution in [0.25, 0.3) is 0 Å². The first-order chi connectivity index (χ1) is 7.50. The summed E-state index contributed by atoms with van der Waals surface area (Å²) in [6.45, 7) is -0.0378. The van der Waals surface area contributed by atoms with Crippen molar-refractivity contribution in [3.05, 3.63) is 29.6 Å². The van der Waals surface area contributed by atoms with Gasteiger partial charge in [-0.25, -0.2) is 9.78 Å². The number of aromatic nitrogens is 1. The number of rotatable bonds is 3. The van der Waals surface area contributed by atoms with Crippen molar-refractivity contribution in [2.24, 2.45) is 5.73 Å². The average Bonchev–Trinajstić information content (AvgIpc) is 2.25. The molecule has 0 unspecified atom stereocenters. The predicted octanol–water partition coefficient (Wildman–Crippen LogP) is 0.379. The van der Waals surface area contributed by atoms with Crippen LogP contribution in [-0.4, -0.2) is 36.0 Å². The van der Waals surface area contributed by atoms with Gasteiger partial charge in [-0.2, -0.15) is 0 Å². The van der Waals surface area contributed by atoms with Crippen molar-refractivity contribution in [2.45, 2.75) is 6.61 Å². The summed E-state index contributed by atoms with van der Waals surface area (Å²) in [5.41, 5.74) is 5.60. The second-order valence-electron chi connectivity index (χ2n) is 3.32. The number of carbonyl (C=O) groups excluding carboxylic acids is 2. The van der Waals surface area contributed by atoms with Crippen molar-refractivity contribution in [2.75, 3.05) is 14.1 Å².